The van der Waals surface area contributed by atoms with Gasteiger partial charge in [0.25, 0.3) is 5.91 Å². The summed E-state index contributed by atoms with van der Waals surface area (Å²) in [5.41, 5.74) is 1.45. The summed E-state index contributed by atoms with van der Waals surface area (Å²) in [6.07, 6.45) is 2.89. The summed E-state index contributed by atoms with van der Waals surface area (Å²) in [5.74, 6) is 1.18. The van der Waals surface area contributed by atoms with E-state index in [0.29, 0.717) is 34.6 Å². The number of para-hydroxylation sites is 2. The molecule has 2 aromatic carbocycles. The Bertz CT molecular complexity index is 1170. The van der Waals surface area contributed by atoms with Crippen molar-refractivity contribution in [1.82, 2.24) is 15.0 Å². The maximum atomic E-state index is 13.2. The number of anilines is 1. The van der Waals surface area contributed by atoms with Crippen LogP contribution in [0.4, 0.5) is 5.69 Å². The van der Waals surface area contributed by atoms with Crippen LogP contribution >= 0.6 is 11.6 Å². The van der Waals surface area contributed by atoms with Crippen molar-refractivity contribution < 1.29 is 18.8 Å². The van der Waals surface area contributed by atoms with Gasteiger partial charge >= 0.3 is 0 Å². The summed E-state index contributed by atoms with van der Waals surface area (Å²) in [5, 5.41) is 4.63. The predicted octanol–water partition coefficient (Wildman–Crippen LogP) is 4.13. The Morgan fingerprint density at radius 1 is 1.03 bits per heavy atom. The molecule has 9 heteroatoms. The van der Waals surface area contributed by atoms with Crippen molar-refractivity contribution >= 4 is 29.1 Å². The second-order valence-corrected chi connectivity index (χ2v) is 8.92. The molecule has 0 unspecified atom stereocenters. The predicted molar refractivity (Wildman–Crippen MR) is 127 cm³/mol. The van der Waals surface area contributed by atoms with E-state index in [1.807, 2.05) is 35.2 Å². The molecule has 8 nitrogen and oxygen atoms in total. The molecule has 1 saturated heterocycles. The van der Waals surface area contributed by atoms with Crippen molar-refractivity contribution in [3.8, 4) is 17.1 Å². The van der Waals surface area contributed by atoms with Crippen LogP contribution in [0, 0.1) is 0 Å². The average Bonchev–Trinajstić information content (AvgIpc) is 3.36. The van der Waals surface area contributed by atoms with Crippen molar-refractivity contribution in [1.29, 1.82) is 0 Å². The van der Waals surface area contributed by atoms with Gasteiger partial charge in [0.1, 0.15) is 5.75 Å². The van der Waals surface area contributed by atoms with Gasteiger partial charge in [0.2, 0.25) is 17.6 Å². The van der Waals surface area contributed by atoms with Gasteiger partial charge < -0.3 is 19.1 Å². The number of benzene rings is 2. The lowest BCUT2D eigenvalue weighted by Crippen LogP contribution is -2.52. The van der Waals surface area contributed by atoms with Gasteiger partial charge in [-0.15, -0.1) is 0 Å². The van der Waals surface area contributed by atoms with Gasteiger partial charge in [-0.25, -0.2) is 0 Å². The number of piperidine rings is 1. The van der Waals surface area contributed by atoms with Gasteiger partial charge in [-0.05, 0) is 55.7 Å². The largest absolute Gasteiger partial charge is 0.476 e. The maximum absolute atomic E-state index is 13.2. The van der Waals surface area contributed by atoms with Crippen LogP contribution in [0.2, 0.25) is 5.02 Å². The summed E-state index contributed by atoms with van der Waals surface area (Å²) in [7, 11) is 0. The van der Waals surface area contributed by atoms with E-state index in [9.17, 15) is 9.59 Å². The molecule has 3 heterocycles. The first kappa shape index (κ1) is 22.4. The Morgan fingerprint density at radius 3 is 2.59 bits per heavy atom. The lowest BCUT2D eigenvalue weighted by molar-refractivity contribution is -0.139. The SMILES string of the molecule is O=C([C@H]1CN(C(=O)CCc2nc(-c3ccc(Cl)cc3)no2)c2ccccc2O1)N1CCCCC1. The third-order valence-electron chi connectivity index (χ3n) is 6.14. The number of halogens is 1. The molecule has 1 atom stereocenters. The van der Waals surface area contributed by atoms with Gasteiger partial charge in [-0.2, -0.15) is 4.98 Å². The molecule has 1 fully saturated rings. The first-order chi connectivity index (χ1) is 16.6. The number of ether oxygens (including phenoxy) is 1. The summed E-state index contributed by atoms with van der Waals surface area (Å²) < 4.78 is 11.4. The van der Waals surface area contributed by atoms with E-state index >= 15 is 0 Å². The van der Waals surface area contributed by atoms with E-state index in [1.165, 1.54) is 0 Å². The number of amides is 2. The molecular formula is C25H25ClN4O4. The quantitative estimate of drug-likeness (QED) is 0.545. The minimum atomic E-state index is -0.711. The smallest absolute Gasteiger partial charge is 0.265 e. The van der Waals surface area contributed by atoms with Gasteiger partial charge in [0.15, 0.2) is 6.10 Å². The minimum Gasteiger partial charge on any atom is -0.476 e. The molecule has 0 radical (unpaired) electrons. The monoisotopic (exact) mass is 480 g/mol. The second-order valence-electron chi connectivity index (χ2n) is 8.48. The van der Waals surface area contributed by atoms with Crippen molar-refractivity contribution in [3.63, 3.8) is 0 Å². The van der Waals surface area contributed by atoms with Crippen LogP contribution in [-0.4, -0.2) is 52.6 Å². The van der Waals surface area contributed by atoms with Crippen LogP contribution in [-0.2, 0) is 16.0 Å². The molecule has 2 aliphatic heterocycles. The zero-order chi connectivity index (χ0) is 23.5. The number of aromatic nitrogens is 2. The third-order valence-corrected chi connectivity index (χ3v) is 6.39. The fourth-order valence-corrected chi connectivity index (χ4v) is 4.46. The molecule has 34 heavy (non-hydrogen) atoms. The van der Waals surface area contributed by atoms with E-state index in [1.54, 1.807) is 23.1 Å². The lowest BCUT2D eigenvalue weighted by atomic mass is 10.1. The topological polar surface area (TPSA) is 88.8 Å². The van der Waals surface area contributed by atoms with Crippen molar-refractivity contribution in [2.45, 2.75) is 38.2 Å². The van der Waals surface area contributed by atoms with Gasteiger partial charge in [-0.3, -0.25) is 9.59 Å². The minimum absolute atomic E-state index is 0.0588. The van der Waals surface area contributed by atoms with Crippen molar-refractivity contribution in [3.05, 3.63) is 59.4 Å². The number of hydrogen-bond acceptors (Lipinski definition) is 6. The first-order valence-electron chi connectivity index (χ1n) is 11.5. The summed E-state index contributed by atoms with van der Waals surface area (Å²) >= 11 is 5.93. The van der Waals surface area contributed by atoms with E-state index in [2.05, 4.69) is 10.1 Å². The number of carbonyl (C=O) groups is 2. The molecule has 0 spiro atoms. The summed E-state index contributed by atoms with van der Waals surface area (Å²) in [6, 6.07) is 14.5. The highest BCUT2D eigenvalue weighted by Gasteiger charge is 2.36. The fraction of sp³-hybridized carbons (Fsp3) is 0.360. The lowest BCUT2D eigenvalue weighted by Gasteiger charge is -2.37. The van der Waals surface area contributed by atoms with Gasteiger partial charge in [-0.1, -0.05) is 28.9 Å². The molecular weight excluding hydrogens is 456 g/mol. The summed E-state index contributed by atoms with van der Waals surface area (Å²) in [4.78, 5) is 34.2. The Labute approximate surface area is 202 Å². The Balaban J connectivity index is 1.27. The molecule has 0 saturated carbocycles. The highest BCUT2D eigenvalue weighted by molar-refractivity contribution is 6.30. The van der Waals surface area contributed by atoms with Crippen LogP contribution in [0.5, 0.6) is 5.75 Å². The van der Waals surface area contributed by atoms with E-state index in [0.717, 1.165) is 37.9 Å². The molecule has 2 aliphatic rings. The molecule has 0 N–H and O–H groups in total. The number of rotatable bonds is 5. The van der Waals surface area contributed by atoms with E-state index in [-0.39, 0.29) is 24.8 Å². The van der Waals surface area contributed by atoms with Crippen LogP contribution in [0.1, 0.15) is 31.6 Å². The molecule has 3 aromatic rings. The summed E-state index contributed by atoms with van der Waals surface area (Å²) in [6.45, 7) is 1.66. The fourth-order valence-electron chi connectivity index (χ4n) is 4.34. The number of carbonyl (C=O) groups excluding carboxylic acids is 2. The number of aryl methyl sites for hydroxylation is 1. The van der Waals surface area contributed by atoms with Crippen LogP contribution in [0.3, 0.4) is 0 Å². The first-order valence-corrected chi connectivity index (χ1v) is 11.9. The third kappa shape index (κ3) is 4.77. The van der Waals surface area contributed by atoms with E-state index in [4.69, 9.17) is 20.9 Å². The van der Waals surface area contributed by atoms with Crippen LogP contribution < -0.4 is 9.64 Å². The second kappa shape index (κ2) is 9.85. The number of likely N-dealkylation sites (tertiary alicyclic amines) is 1. The van der Waals surface area contributed by atoms with Gasteiger partial charge in [0, 0.05) is 36.5 Å². The Morgan fingerprint density at radius 2 is 1.79 bits per heavy atom. The van der Waals surface area contributed by atoms with Crippen molar-refractivity contribution in [2.75, 3.05) is 24.5 Å². The number of fused-ring (bicyclic) bond motifs is 1. The zero-order valence-electron chi connectivity index (χ0n) is 18.7. The molecule has 0 bridgehead atoms. The number of nitrogens with zero attached hydrogens (tertiary/aromatic N) is 4. The maximum Gasteiger partial charge on any atom is 0.265 e. The zero-order valence-corrected chi connectivity index (χ0v) is 19.4. The van der Waals surface area contributed by atoms with Crippen LogP contribution in [0.25, 0.3) is 11.4 Å². The molecule has 176 valence electrons. The van der Waals surface area contributed by atoms with Gasteiger partial charge in [0.05, 0.1) is 12.2 Å². The highest BCUT2D eigenvalue weighted by Crippen LogP contribution is 2.34. The van der Waals surface area contributed by atoms with Crippen molar-refractivity contribution in [2.24, 2.45) is 0 Å². The highest BCUT2D eigenvalue weighted by atomic mass is 35.5. The average molecular weight is 481 g/mol. The molecule has 1 aromatic heterocycles. The normalized spacial score (nSPS) is 17.7. The molecule has 0 aliphatic carbocycles. The van der Waals surface area contributed by atoms with E-state index < -0.39 is 6.10 Å². The molecule has 2 amide bonds. The number of hydrogen-bond donors (Lipinski definition) is 0. The standard InChI is InChI=1S/C25H25ClN4O4/c26-18-10-8-17(9-11-18)24-27-22(34-28-24)12-13-23(31)30-16-21(25(32)29-14-4-1-5-15-29)33-20-7-3-2-6-19(20)30/h2-3,6-11,21H,1,4-5,12-16H2/t21-/m1/s1. The Hall–Kier alpha value is -3.39. The Kier molecular flexibility index (Phi) is 6.49. The van der Waals surface area contributed by atoms with Crippen LogP contribution in [0.15, 0.2) is 53.1 Å². The molecule has 5 rings (SSSR count).